The smallest absolute Gasteiger partial charge is 0.255 e. The largest absolute Gasteiger partial charge is 0.378 e. The molecule has 2 aromatic rings. The van der Waals surface area contributed by atoms with Crippen molar-refractivity contribution in [3.63, 3.8) is 0 Å². The summed E-state index contributed by atoms with van der Waals surface area (Å²) in [5.74, 6) is -0.0361. The average molecular weight is 294 g/mol. The van der Waals surface area contributed by atoms with Gasteiger partial charge in [-0.3, -0.25) is 4.79 Å². The summed E-state index contributed by atoms with van der Waals surface area (Å²) in [6, 6.07) is 14.0. The molecule has 0 unspecified atom stereocenters. The molecule has 3 nitrogen and oxygen atoms in total. The lowest BCUT2D eigenvalue weighted by atomic mass is 9.90. The van der Waals surface area contributed by atoms with E-state index in [4.69, 9.17) is 0 Å². The van der Waals surface area contributed by atoms with Crippen molar-refractivity contribution in [3.8, 4) is 0 Å². The highest BCUT2D eigenvalue weighted by Gasteiger charge is 2.13. The van der Waals surface area contributed by atoms with Gasteiger partial charge in [0.05, 0.1) is 0 Å². The number of carbonyl (C=O) groups is 1. The Bertz CT molecular complexity index is 674. The molecule has 0 heterocycles. The molecule has 3 heteroatoms. The lowest BCUT2D eigenvalue weighted by Gasteiger charge is -2.16. The molecule has 0 aromatic heterocycles. The van der Waals surface area contributed by atoms with Crippen LogP contribution in [0.1, 0.15) is 34.3 Å². The number of amides is 1. The van der Waals surface area contributed by atoms with Crippen LogP contribution in [0.25, 0.3) is 0 Å². The summed E-state index contributed by atoms with van der Waals surface area (Å²) in [5, 5.41) is 2.97. The summed E-state index contributed by atoms with van der Waals surface area (Å²) in [4.78, 5) is 14.4. The van der Waals surface area contributed by atoms with Gasteiger partial charge in [-0.25, -0.2) is 0 Å². The fraction of sp³-hybridized carbons (Fsp3) is 0.316. The molecule has 0 radical (unpaired) electrons. The number of aryl methyl sites for hydroxylation is 2. The van der Waals surface area contributed by atoms with Crippen LogP contribution in [0.15, 0.2) is 42.5 Å². The Balaban J connectivity index is 1.74. The Kier molecular flexibility index (Phi) is 4.14. The first-order valence-electron chi connectivity index (χ1n) is 7.84. The summed E-state index contributed by atoms with van der Waals surface area (Å²) in [6.45, 7) is 0. The Morgan fingerprint density at radius 1 is 0.955 bits per heavy atom. The molecule has 1 aliphatic rings. The van der Waals surface area contributed by atoms with E-state index in [0.717, 1.165) is 29.8 Å². The first-order valence-corrected chi connectivity index (χ1v) is 7.84. The molecule has 0 atom stereocenters. The summed E-state index contributed by atoms with van der Waals surface area (Å²) < 4.78 is 0. The Hall–Kier alpha value is -2.29. The second kappa shape index (κ2) is 6.22. The number of rotatable bonds is 3. The van der Waals surface area contributed by atoms with E-state index in [1.54, 1.807) is 0 Å². The topological polar surface area (TPSA) is 32.3 Å². The monoisotopic (exact) mass is 294 g/mol. The highest BCUT2D eigenvalue weighted by atomic mass is 16.1. The van der Waals surface area contributed by atoms with Gasteiger partial charge in [0.25, 0.3) is 5.91 Å². The van der Waals surface area contributed by atoms with Gasteiger partial charge < -0.3 is 10.2 Å². The molecule has 1 N–H and O–H groups in total. The first kappa shape index (κ1) is 14.6. The van der Waals surface area contributed by atoms with Crippen LogP contribution in [0.3, 0.4) is 0 Å². The molecule has 2 aromatic carbocycles. The fourth-order valence-electron chi connectivity index (χ4n) is 2.92. The van der Waals surface area contributed by atoms with Crippen LogP contribution < -0.4 is 10.2 Å². The minimum atomic E-state index is -0.0361. The van der Waals surface area contributed by atoms with E-state index in [1.165, 1.54) is 24.0 Å². The summed E-state index contributed by atoms with van der Waals surface area (Å²) >= 11 is 0. The average Bonchev–Trinajstić information content (AvgIpc) is 2.55. The molecular weight excluding hydrogens is 272 g/mol. The normalized spacial score (nSPS) is 13.4. The Labute approximate surface area is 132 Å². The van der Waals surface area contributed by atoms with Crippen LogP contribution in [0, 0.1) is 0 Å². The zero-order chi connectivity index (χ0) is 15.5. The van der Waals surface area contributed by atoms with Crippen LogP contribution >= 0.6 is 0 Å². The minimum Gasteiger partial charge on any atom is -0.378 e. The molecule has 114 valence electrons. The minimum absolute atomic E-state index is 0.0361. The molecule has 0 fully saturated rings. The van der Waals surface area contributed by atoms with Gasteiger partial charge in [0.15, 0.2) is 0 Å². The predicted molar refractivity (Wildman–Crippen MR) is 91.8 cm³/mol. The van der Waals surface area contributed by atoms with Gasteiger partial charge in [-0.05, 0) is 73.2 Å². The summed E-state index contributed by atoms with van der Waals surface area (Å²) in [7, 11) is 4.00. The quantitative estimate of drug-likeness (QED) is 0.931. The zero-order valence-corrected chi connectivity index (χ0v) is 13.2. The SMILES string of the molecule is CN(C)c1ccc(NC(=O)c2ccc3c(c2)CCCC3)cc1. The van der Waals surface area contributed by atoms with Gasteiger partial charge in [0.1, 0.15) is 0 Å². The van der Waals surface area contributed by atoms with Crippen LogP contribution in [0.4, 0.5) is 11.4 Å². The van der Waals surface area contributed by atoms with Crippen molar-refractivity contribution < 1.29 is 4.79 Å². The third kappa shape index (κ3) is 3.14. The number of fused-ring (bicyclic) bond motifs is 1. The first-order chi connectivity index (χ1) is 10.6. The lowest BCUT2D eigenvalue weighted by Crippen LogP contribution is -2.14. The highest BCUT2D eigenvalue weighted by Crippen LogP contribution is 2.23. The van der Waals surface area contributed by atoms with Crippen molar-refractivity contribution in [3.05, 3.63) is 59.2 Å². The van der Waals surface area contributed by atoms with Gasteiger partial charge in [-0.15, -0.1) is 0 Å². The maximum Gasteiger partial charge on any atom is 0.255 e. The molecule has 0 saturated heterocycles. The molecular formula is C19H22N2O. The molecule has 0 bridgehead atoms. The van der Waals surface area contributed by atoms with Gasteiger partial charge in [0, 0.05) is 31.0 Å². The van der Waals surface area contributed by atoms with Gasteiger partial charge >= 0.3 is 0 Å². The maximum atomic E-state index is 12.4. The van der Waals surface area contributed by atoms with Gasteiger partial charge in [-0.2, -0.15) is 0 Å². The van der Waals surface area contributed by atoms with Crippen LogP contribution in [0.2, 0.25) is 0 Å². The van der Waals surface area contributed by atoms with Crippen LogP contribution in [-0.4, -0.2) is 20.0 Å². The molecule has 1 aliphatic carbocycles. The molecule has 0 aliphatic heterocycles. The molecule has 0 spiro atoms. The summed E-state index contributed by atoms with van der Waals surface area (Å²) in [6.07, 6.45) is 4.72. The van der Waals surface area contributed by atoms with Crippen molar-refractivity contribution in [1.29, 1.82) is 0 Å². The third-order valence-electron chi connectivity index (χ3n) is 4.25. The molecule has 3 rings (SSSR count). The van der Waals surface area contributed by atoms with E-state index in [0.29, 0.717) is 0 Å². The van der Waals surface area contributed by atoms with E-state index < -0.39 is 0 Å². The van der Waals surface area contributed by atoms with E-state index in [-0.39, 0.29) is 5.91 Å². The van der Waals surface area contributed by atoms with Crippen molar-refractivity contribution >= 4 is 17.3 Å². The van der Waals surface area contributed by atoms with Crippen molar-refractivity contribution in [1.82, 2.24) is 0 Å². The summed E-state index contributed by atoms with van der Waals surface area (Å²) in [5.41, 5.74) is 5.43. The molecule has 22 heavy (non-hydrogen) atoms. The van der Waals surface area contributed by atoms with Crippen LogP contribution in [0.5, 0.6) is 0 Å². The Morgan fingerprint density at radius 3 is 2.32 bits per heavy atom. The van der Waals surface area contributed by atoms with E-state index in [9.17, 15) is 4.79 Å². The predicted octanol–water partition coefficient (Wildman–Crippen LogP) is 3.88. The number of hydrogen-bond donors (Lipinski definition) is 1. The number of hydrogen-bond acceptors (Lipinski definition) is 2. The van der Waals surface area contributed by atoms with E-state index >= 15 is 0 Å². The number of anilines is 2. The standard InChI is InChI=1S/C19H22N2O/c1-21(2)18-11-9-17(10-12-18)20-19(22)16-8-7-14-5-3-4-6-15(14)13-16/h7-13H,3-6H2,1-2H3,(H,20,22). The van der Waals surface area contributed by atoms with E-state index in [1.807, 2.05) is 49.3 Å². The number of nitrogens with zero attached hydrogens (tertiary/aromatic N) is 1. The fourth-order valence-corrected chi connectivity index (χ4v) is 2.92. The van der Waals surface area contributed by atoms with E-state index in [2.05, 4.69) is 17.4 Å². The van der Waals surface area contributed by atoms with Gasteiger partial charge in [-0.1, -0.05) is 6.07 Å². The third-order valence-corrected chi connectivity index (χ3v) is 4.25. The van der Waals surface area contributed by atoms with Crippen molar-refractivity contribution in [2.24, 2.45) is 0 Å². The highest BCUT2D eigenvalue weighted by molar-refractivity contribution is 6.04. The van der Waals surface area contributed by atoms with Crippen molar-refractivity contribution in [2.45, 2.75) is 25.7 Å². The molecule has 0 saturated carbocycles. The maximum absolute atomic E-state index is 12.4. The lowest BCUT2D eigenvalue weighted by molar-refractivity contribution is 0.102. The molecule has 1 amide bonds. The number of carbonyl (C=O) groups excluding carboxylic acids is 1. The van der Waals surface area contributed by atoms with Crippen LogP contribution in [-0.2, 0) is 12.8 Å². The van der Waals surface area contributed by atoms with Crippen molar-refractivity contribution in [2.75, 3.05) is 24.3 Å². The van der Waals surface area contributed by atoms with Gasteiger partial charge in [0.2, 0.25) is 0 Å². The second-order valence-electron chi connectivity index (χ2n) is 6.09. The zero-order valence-electron chi connectivity index (χ0n) is 13.2. The number of benzene rings is 2. The Morgan fingerprint density at radius 2 is 1.64 bits per heavy atom. The number of nitrogens with one attached hydrogen (secondary N) is 1. The second-order valence-corrected chi connectivity index (χ2v) is 6.09.